The van der Waals surface area contributed by atoms with Gasteiger partial charge in [-0.15, -0.1) is 0 Å². The molecule has 6 nitrogen and oxygen atoms in total. The van der Waals surface area contributed by atoms with Crippen molar-refractivity contribution in [3.8, 4) is 17.2 Å². The number of hydrogen-bond donors (Lipinski definition) is 0. The van der Waals surface area contributed by atoms with E-state index in [1.54, 1.807) is 42.7 Å². The van der Waals surface area contributed by atoms with E-state index >= 15 is 0 Å². The molecule has 0 aliphatic heterocycles. The van der Waals surface area contributed by atoms with Crippen molar-refractivity contribution in [2.75, 3.05) is 13.7 Å². The minimum atomic E-state index is -0.395. The van der Waals surface area contributed by atoms with Gasteiger partial charge in [-0.1, -0.05) is 18.2 Å². The van der Waals surface area contributed by atoms with Crippen molar-refractivity contribution >= 4 is 11.8 Å². The van der Waals surface area contributed by atoms with E-state index in [1.807, 2.05) is 31.2 Å². The van der Waals surface area contributed by atoms with Crippen LogP contribution in [0.15, 0.2) is 67.0 Å². The van der Waals surface area contributed by atoms with Crippen LogP contribution in [0.5, 0.6) is 17.2 Å². The number of ketones is 1. The number of hydrogen-bond acceptors (Lipinski definition) is 6. The van der Waals surface area contributed by atoms with Crippen molar-refractivity contribution < 1.29 is 23.8 Å². The molecule has 2 aromatic carbocycles. The van der Waals surface area contributed by atoms with Crippen LogP contribution in [0.2, 0.25) is 0 Å². The average molecular weight is 405 g/mol. The molecule has 0 unspecified atom stereocenters. The van der Waals surface area contributed by atoms with Gasteiger partial charge in [-0.3, -0.25) is 9.78 Å². The molecular formula is C24H23NO5. The first-order valence-corrected chi connectivity index (χ1v) is 9.60. The molecular weight excluding hydrogens is 382 g/mol. The van der Waals surface area contributed by atoms with Crippen molar-refractivity contribution in [2.24, 2.45) is 0 Å². The summed E-state index contributed by atoms with van der Waals surface area (Å²) in [6, 6.07) is 16.0. The Hall–Kier alpha value is -3.67. The molecule has 0 radical (unpaired) electrons. The van der Waals surface area contributed by atoms with Gasteiger partial charge >= 0.3 is 5.97 Å². The number of nitrogens with zero attached hydrogens (tertiary/aromatic N) is 1. The summed E-state index contributed by atoms with van der Waals surface area (Å²) < 4.78 is 16.2. The second-order valence-corrected chi connectivity index (χ2v) is 6.63. The fourth-order valence-electron chi connectivity index (χ4n) is 2.84. The van der Waals surface area contributed by atoms with Crippen LogP contribution in [0.4, 0.5) is 0 Å². The predicted octanol–water partition coefficient (Wildman–Crippen LogP) is 5.01. The number of aryl methyl sites for hydroxylation is 1. The number of benzene rings is 2. The molecule has 0 saturated carbocycles. The Morgan fingerprint density at radius 3 is 2.47 bits per heavy atom. The molecule has 3 rings (SSSR count). The van der Waals surface area contributed by atoms with Gasteiger partial charge in [0.1, 0.15) is 11.5 Å². The van der Waals surface area contributed by atoms with E-state index in [-0.39, 0.29) is 5.78 Å². The molecule has 0 fully saturated rings. The third kappa shape index (κ3) is 5.44. The lowest BCUT2D eigenvalue weighted by Crippen LogP contribution is -2.06. The zero-order valence-electron chi connectivity index (χ0n) is 17.0. The minimum Gasteiger partial charge on any atom is -0.494 e. The molecule has 6 heteroatoms. The molecule has 0 bridgehead atoms. The number of para-hydroxylation sites is 1. The van der Waals surface area contributed by atoms with Crippen LogP contribution >= 0.6 is 0 Å². The molecule has 154 valence electrons. The standard InChI is InChI=1S/C24H23NO5/c1-17-6-3-4-8-22(17)30-23-16-25-14-13-20(23)21(26)7-5-15-29-19-11-9-18(10-12-19)24(27)28-2/h3-4,6,8-14,16H,5,7,15H2,1-2H3. The van der Waals surface area contributed by atoms with Crippen molar-refractivity contribution in [1.29, 1.82) is 0 Å². The lowest BCUT2D eigenvalue weighted by Gasteiger charge is -2.12. The Bertz CT molecular complexity index is 1010. The first-order chi connectivity index (χ1) is 14.6. The van der Waals surface area contributed by atoms with Crippen LogP contribution in [0.25, 0.3) is 0 Å². The maximum atomic E-state index is 12.7. The van der Waals surface area contributed by atoms with E-state index in [4.69, 9.17) is 9.47 Å². The Morgan fingerprint density at radius 1 is 0.967 bits per heavy atom. The summed E-state index contributed by atoms with van der Waals surface area (Å²) in [5.74, 6) is 1.33. The highest BCUT2D eigenvalue weighted by molar-refractivity contribution is 5.98. The fraction of sp³-hybridized carbons (Fsp3) is 0.208. The predicted molar refractivity (Wildman–Crippen MR) is 112 cm³/mol. The number of aromatic nitrogens is 1. The number of rotatable bonds is 9. The number of carbonyl (C=O) groups is 2. The molecule has 0 amide bonds. The summed E-state index contributed by atoms with van der Waals surface area (Å²) in [5.41, 5.74) is 1.93. The van der Waals surface area contributed by atoms with Gasteiger partial charge in [0.2, 0.25) is 0 Å². The summed E-state index contributed by atoms with van der Waals surface area (Å²) in [7, 11) is 1.34. The zero-order valence-corrected chi connectivity index (χ0v) is 17.0. The van der Waals surface area contributed by atoms with Gasteiger partial charge in [-0.2, -0.15) is 0 Å². The monoisotopic (exact) mass is 405 g/mol. The highest BCUT2D eigenvalue weighted by atomic mass is 16.5. The van der Waals surface area contributed by atoms with Crippen LogP contribution in [0.1, 0.15) is 39.1 Å². The minimum absolute atomic E-state index is 0.0365. The zero-order chi connectivity index (χ0) is 21.3. The molecule has 0 aliphatic carbocycles. The van der Waals surface area contributed by atoms with E-state index < -0.39 is 5.97 Å². The molecule has 1 aromatic heterocycles. The summed E-state index contributed by atoms with van der Waals surface area (Å²) in [6.07, 6.45) is 3.99. The van der Waals surface area contributed by atoms with Crippen LogP contribution in [-0.4, -0.2) is 30.5 Å². The number of pyridine rings is 1. The van der Waals surface area contributed by atoms with Gasteiger partial charge < -0.3 is 14.2 Å². The molecule has 0 spiro atoms. The number of ether oxygens (including phenoxy) is 3. The van der Waals surface area contributed by atoms with Crippen LogP contribution < -0.4 is 9.47 Å². The fourth-order valence-corrected chi connectivity index (χ4v) is 2.84. The largest absolute Gasteiger partial charge is 0.494 e. The maximum Gasteiger partial charge on any atom is 0.337 e. The molecule has 1 heterocycles. The van der Waals surface area contributed by atoms with Crippen molar-refractivity contribution in [3.63, 3.8) is 0 Å². The Labute approximate surface area is 175 Å². The smallest absolute Gasteiger partial charge is 0.337 e. The number of esters is 1. The van der Waals surface area contributed by atoms with Gasteiger partial charge in [0.05, 0.1) is 31.0 Å². The SMILES string of the molecule is COC(=O)c1ccc(OCCCC(=O)c2ccncc2Oc2ccccc2C)cc1. The number of methoxy groups -OCH3 is 1. The lowest BCUT2D eigenvalue weighted by atomic mass is 10.1. The van der Waals surface area contributed by atoms with Gasteiger partial charge in [-0.25, -0.2) is 4.79 Å². The number of carbonyl (C=O) groups excluding carboxylic acids is 2. The first kappa shape index (κ1) is 21.0. The third-order valence-corrected chi connectivity index (χ3v) is 4.49. The van der Waals surface area contributed by atoms with Crippen LogP contribution in [0, 0.1) is 6.92 Å². The van der Waals surface area contributed by atoms with Gasteiger partial charge in [-0.05, 0) is 55.3 Å². The van der Waals surface area contributed by atoms with Gasteiger partial charge in [0.25, 0.3) is 0 Å². The summed E-state index contributed by atoms with van der Waals surface area (Å²) in [4.78, 5) is 28.2. The summed E-state index contributed by atoms with van der Waals surface area (Å²) in [6.45, 7) is 2.32. The lowest BCUT2D eigenvalue weighted by molar-refractivity contribution is 0.0600. The molecule has 0 N–H and O–H groups in total. The summed E-state index contributed by atoms with van der Waals surface area (Å²) >= 11 is 0. The maximum absolute atomic E-state index is 12.7. The van der Waals surface area contributed by atoms with Gasteiger partial charge in [0, 0.05) is 12.6 Å². The summed E-state index contributed by atoms with van der Waals surface area (Å²) in [5, 5.41) is 0. The topological polar surface area (TPSA) is 74.7 Å². The van der Waals surface area contributed by atoms with Crippen LogP contribution in [-0.2, 0) is 4.74 Å². The van der Waals surface area contributed by atoms with E-state index in [2.05, 4.69) is 9.72 Å². The molecule has 30 heavy (non-hydrogen) atoms. The van der Waals surface area contributed by atoms with E-state index in [9.17, 15) is 9.59 Å². The molecule has 0 aliphatic rings. The van der Waals surface area contributed by atoms with Crippen molar-refractivity contribution in [3.05, 3.63) is 83.7 Å². The van der Waals surface area contributed by atoms with E-state index in [0.717, 1.165) is 5.56 Å². The second kappa shape index (κ2) is 10.2. The highest BCUT2D eigenvalue weighted by Crippen LogP contribution is 2.28. The first-order valence-electron chi connectivity index (χ1n) is 9.60. The molecule has 0 atom stereocenters. The highest BCUT2D eigenvalue weighted by Gasteiger charge is 2.14. The van der Waals surface area contributed by atoms with Gasteiger partial charge in [0.15, 0.2) is 11.5 Å². The number of Topliss-reactive ketones (excluding diaryl/α,β-unsaturated/α-hetero) is 1. The quantitative estimate of drug-likeness (QED) is 0.283. The second-order valence-electron chi connectivity index (χ2n) is 6.63. The van der Waals surface area contributed by atoms with Crippen LogP contribution in [0.3, 0.4) is 0 Å². The Balaban J connectivity index is 1.54. The third-order valence-electron chi connectivity index (χ3n) is 4.49. The average Bonchev–Trinajstić information content (AvgIpc) is 2.78. The Kier molecular flexibility index (Phi) is 7.16. The molecule has 3 aromatic rings. The normalized spacial score (nSPS) is 10.3. The van der Waals surface area contributed by atoms with Crippen molar-refractivity contribution in [1.82, 2.24) is 4.98 Å². The van der Waals surface area contributed by atoms with E-state index in [1.165, 1.54) is 7.11 Å². The molecule has 0 saturated heterocycles. The Morgan fingerprint density at radius 2 is 1.73 bits per heavy atom. The van der Waals surface area contributed by atoms with Crippen molar-refractivity contribution in [2.45, 2.75) is 19.8 Å². The van der Waals surface area contributed by atoms with E-state index in [0.29, 0.717) is 47.8 Å².